The molecule has 0 heterocycles. The van der Waals surface area contributed by atoms with Gasteiger partial charge in [-0.05, 0) is 23.5 Å². The maximum atomic E-state index is 10.9. The van der Waals surface area contributed by atoms with E-state index in [-0.39, 0.29) is 5.97 Å². The molecular formula is C16H25NO3. The van der Waals surface area contributed by atoms with E-state index >= 15 is 0 Å². The quantitative estimate of drug-likeness (QED) is 0.565. The Balaban J connectivity index is 2.35. The van der Waals surface area contributed by atoms with Crippen LogP contribution in [-0.4, -0.2) is 31.3 Å². The lowest BCUT2D eigenvalue weighted by Gasteiger charge is -2.13. The van der Waals surface area contributed by atoms with Crippen molar-refractivity contribution in [1.29, 1.82) is 0 Å². The van der Waals surface area contributed by atoms with E-state index < -0.39 is 6.10 Å². The van der Waals surface area contributed by atoms with Gasteiger partial charge in [0.25, 0.3) is 0 Å². The van der Waals surface area contributed by atoms with Gasteiger partial charge in [-0.3, -0.25) is 4.79 Å². The second kappa shape index (κ2) is 8.72. The number of nitrogens with one attached hydrogen (secondary N) is 1. The van der Waals surface area contributed by atoms with E-state index in [1.54, 1.807) is 0 Å². The molecule has 0 aliphatic heterocycles. The third-order valence-electron chi connectivity index (χ3n) is 3.08. The minimum absolute atomic E-state index is 0.245. The van der Waals surface area contributed by atoms with Crippen molar-refractivity contribution in [2.24, 2.45) is 5.92 Å². The summed E-state index contributed by atoms with van der Waals surface area (Å²) in [6.07, 6.45) is 0.811. The van der Waals surface area contributed by atoms with E-state index in [4.69, 9.17) is 0 Å². The summed E-state index contributed by atoms with van der Waals surface area (Å²) < 4.78 is 4.55. The number of esters is 1. The summed E-state index contributed by atoms with van der Waals surface area (Å²) in [7, 11) is 1.37. The first-order valence-electron chi connectivity index (χ1n) is 7.07. The van der Waals surface area contributed by atoms with Crippen LogP contribution in [0.5, 0.6) is 0 Å². The summed E-state index contributed by atoms with van der Waals surface area (Å²) in [5.74, 6) is 0.385. The van der Waals surface area contributed by atoms with E-state index in [0.717, 1.165) is 12.0 Å². The van der Waals surface area contributed by atoms with E-state index in [2.05, 4.69) is 36.0 Å². The molecule has 0 fully saturated rings. The van der Waals surface area contributed by atoms with E-state index in [9.17, 15) is 9.90 Å². The fourth-order valence-electron chi connectivity index (χ4n) is 2.00. The predicted molar refractivity (Wildman–Crippen MR) is 79.4 cm³/mol. The van der Waals surface area contributed by atoms with Crippen LogP contribution in [0.2, 0.25) is 0 Å². The first-order chi connectivity index (χ1) is 9.52. The molecule has 1 aromatic carbocycles. The molecule has 0 aliphatic carbocycles. The van der Waals surface area contributed by atoms with Crippen LogP contribution >= 0.6 is 0 Å². The van der Waals surface area contributed by atoms with Gasteiger partial charge >= 0.3 is 5.97 Å². The molecule has 0 aromatic heterocycles. The fraction of sp³-hybridized carbons (Fsp3) is 0.562. The van der Waals surface area contributed by atoms with Crippen LogP contribution in [0.3, 0.4) is 0 Å². The Morgan fingerprint density at radius 3 is 2.50 bits per heavy atom. The number of rotatable bonds is 8. The van der Waals surface area contributed by atoms with Gasteiger partial charge in [0, 0.05) is 13.1 Å². The average Bonchev–Trinajstić information content (AvgIpc) is 2.43. The standard InChI is InChI=1S/C16H25NO3/c1-12(2)10-13-4-6-14(7-5-13)15(18)11-17-9-8-16(19)20-3/h4-7,12,15,17-18H,8-11H2,1-3H3. The van der Waals surface area contributed by atoms with Crippen LogP contribution in [0, 0.1) is 5.92 Å². The monoisotopic (exact) mass is 279 g/mol. The maximum absolute atomic E-state index is 10.9. The van der Waals surface area contributed by atoms with Crippen molar-refractivity contribution in [1.82, 2.24) is 5.32 Å². The smallest absolute Gasteiger partial charge is 0.306 e. The summed E-state index contributed by atoms with van der Waals surface area (Å²) >= 11 is 0. The Kier molecular flexibility index (Phi) is 7.26. The number of aliphatic hydroxyl groups is 1. The predicted octanol–water partition coefficient (Wildman–Crippen LogP) is 2.07. The summed E-state index contributed by atoms with van der Waals surface area (Å²) in [4.78, 5) is 10.9. The first kappa shape index (κ1) is 16.7. The maximum Gasteiger partial charge on any atom is 0.306 e. The van der Waals surface area contributed by atoms with Crippen molar-refractivity contribution >= 4 is 5.97 Å². The first-order valence-corrected chi connectivity index (χ1v) is 7.07. The molecule has 1 unspecified atom stereocenters. The SMILES string of the molecule is COC(=O)CCNCC(O)c1ccc(CC(C)C)cc1. The van der Waals surface area contributed by atoms with E-state index in [0.29, 0.717) is 25.4 Å². The summed E-state index contributed by atoms with van der Waals surface area (Å²) in [5, 5.41) is 13.1. The van der Waals surface area contributed by atoms with Crippen molar-refractivity contribution in [2.45, 2.75) is 32.8 Å². The summed E-state index contributed by atoms with van der Waals surface area (Å²) in [5.41, 5.74) is 2.18. The number of ether oxygens (including phenoxy) is 1. The van der Waals surface area contributed by atoms with Crippen molar-refractivity contribution < 1.29 is 14.6 Å². The number of hydrogen-bond acceptors (Lipinski definition) is 4. The second-order valence-corrected chi connectivity index (χ2v) is 5.39. The molecule has 0 bridgehead atoms. The number of aliphatic hydroxyl groups excluding tert-OH is 1. The Labute approximate surface area is 121 Å². The Bertz CT molecular complexity index is 401. The number of methoxy groups -OCH3 is 1. The van der Waals surface area contributed by atoms with E-state index in [1.165, 1.54) is 12.7 Å². The van der Waals surface area contributed by atoms with Crippen molar-refractivity contribution in [3.63, 3.8) is 0 Å². The highest BCUT2D eigenvalue weighted by Gasteiger charge is 2.08. The number of benzene rings is 1. The van der Waals surface area contributed by atoms with Gasteiger partial charge in [0.2, 0.25) is 0 Å². The Hall–Kier alpha value is -1.39. The van der Waals surface area contributed by atoms with Gasteiger partial charge in [0.1, 0.15) is 0 Å². The fourth-order valence-corrected chi connectivity index (χ4v) is 2.00. The molecule has 0 saturated heterocycles. The van der Waals surface area contributed by atoms with Crippen LogP contribution in [0.15, 0.2) is 24.3 Å². The molecule has 0 amide bonds. The third-order valence-corrected chi connectivity index (χ3v) is 3.08. The van der Waals surface area contributed by atoms with Crippen LogP contribution in [0.25, 0.3) is 0 Å². The van der Waals surface area contributed by atoms with Crippen LogP contribution in [0.1, 0.15) is 37.5 Å². The zero-order valence-electron chi connectivity index (χ0n) is 12.6. The van der Waals surface area contributed by atoms with Gasteiger partial charge in [0.05, 0.1) is 19.6 Å². The third kappa shape index (κ3) is 6.17. The summed E-state index contributed by atoms with van der Waals surface area (Å²) in [6.45, 7) is 5.32. The highest BCUT2D eigenvalue weighted by Crippen LogP contribution is 2.15. The van der Waals surface area contributed by atoms with Gasteiger partial charge < -0.3 is 15.2 Å². The molecule has 0 radical (unpaired) electrons. The van der Waals surface area contributed by atoms with Crippen LogP contribution in [0.4, 0.5) is 0 Å². The number of hydrogen-bond donors (Lipinski definition) is 2. The lowest BCUT2D eigenvalue weighted by molar-refractivity contribution is -0.140. The molecule has 1 aromatic rings. The highest BCUT2D eigenvalue weighted by molar-refractivity contribution is 5.69. The minimum atomic E-state index is -0.555. The van der Waals surface area contributed by atoms with Crippen LogP contribution in [-0.2, 0) is 16.0 Å². The van der Waals surface area contributed by atoms with Crippen molar-refractivity contribution in [3.8, 4) is 0 Å². The Morgan fingerprint density at radius 1 is 1.30 bits per heavy atom. The van der Waals surface area contributed by atoms with Crippen molar-refractivity contribution in [2.75, 3.05) is 20.2 Å². The molecule has 1 atom stereocenters. The number of carbonyl (C=O) groups is 1. The molecule has 4 nitrogen and oxygen atoms in total. The zero-order chi connectivity index (χ0) is 15.0. The van der Waals surface area contributed by atoms with Gasteiger partial charge in [0.15, 0.2) is 0 Å². The topological polar surface area (TPSA) is 58.6 Å². The molecule has 0 spiro atoms. The number of carbonyl (C=O) groups excluding carboxylic acids is 1. The van der Waals surface area contributed by atoms with Gasteiger partial charge in [-0.1, -0.05) is 38.1 Å². The Morgan fingerprint density at radius 2 is 1.95 bits per heavy atom. The van der Waals surface area contributed by atoms with Gasteiger partial charge in [-0.25, -0.2) is 0 Å². The molecule has 0 saturated carbocycles. The van der Waals surface area contributed by atoms with Gasteiger partial charge in [-0.15, -0.1) is 0 Å². The van der Waals surface area contributed by atoms with E-state index in [1.807, 2.05) is 12.1 Å². The zero-order valence-corrected chi connectivity index (χ0v) is 12.6. The van der Waals surface area contributed by atoms with Crippen LogP contribution < -0.4 is 5.32 Å². The molecule has 20 heavy (non-hydrogen) atoms. The highest BCUT2D eigenvalue weighted by atomic mass is 16.5. The molecular weight excluding hydrogens is 254 g/mol. The molecule has 4 heteroatoms. The normalized spacial score (nSPS) is 12.4. The van der Waals surface area contributed by atoms with Gasteiger partial charge in [-0.2, -0.15) is 0 Å². The molecule has 1 rings (SSSR count). The molecule has 112 valence electrons. The average molecular weight is 279 g/mol. The lowest BCUT2D eigenvalue weighted by Crippen LogP contribution is -2.24. The molecule has 0 aliphatic rings. The molecule has 2 N–H and O–H groups in total. The summed E-state index contributed by atoms with van der Waals surface area (Å²) in [6, 6.07) is 8.05. The van der Waals surface area contributed by atoms with Crippen molar-refractivity contribution in [3.05, 3.63) is 35.4 Å². The largest absolute Gasteiger partial charge is 0.469 e. The minimum Gasteiger partial charge on any atom is -0.469 e. The second-order valence-electron chi connectivity index (χ2n) is 5.39. The lowest BCUT2D eigenvalue weighted by atomic mass is 10.0.